The molecule has 1 aliphatic heterocycles. The van der Waals surface area contributed by atoms with Gasteiger partial charge in [0.25, 0.3) is 0 Å². The van der Waals surface area contributed by atoms with Gasteiger partial charge in [-0.15, -0.1) is 0 Å². The maximum atomic E-state index is 9.12. The van der Waals surface area contributed by atoms with Gasteiger partial charge in [0.15, 0.2) is 0 Å². The Morgan fingerprint density at radius 3 is 1.44 bits per heavy atom. The molecule has 0 saturated carbocycles. The van der Waals surface area contributed by atoms with Crippen LogP contribution >= 0.6 is 0 Å². The normalized spacial score (nSPS) is 52.0. The summed E-state index contributed by atoms with van der Waals surface area (Å²) in [6, 6.07) is 0.0463. The van der Waals surface area contributed by atoms with Gasteiger partial charge in [0, 0.05) is 12.1 Å². The van der Waals surface area contributed by atoms with Crippen molar-refractivity contribution in [3.8, 4) is 0 Å². The van der Waals surface area contributed by atoms with E-state index in [1.165, 1.54) is 0 Å². The molecule has 1 rings (SSSR count). The van der Waals surface area contributed by atoms with Gasteiger partial charge in [-0.1, -0.05) is 0 Å². The lowest BCUT2D eigenvalue weighted by Gasteiger charge is -2.10. The highest BCUT2D eigenvalue weighted by Gasteiger charge is 2.35. The number of rotatable bonds is 0. The molecule has 3 heteroatoms. The van der Waals surface area contributed by atoms with Crippen LogP contribution in [0.3, 0.4) is 0 Å². The van der Waals surface area contributed by atoms with Crippen molar-refractivity contribution < 1.29 is 10.2 Å². The zero-order chi connectivity index (χ0) is 7.02. The minimum Gasteiger partial charge on any atom is -0.389 e. The van der Waals surface area contributed by atoms with Crippen LogP contribution in [0.5, 0.6) is 0 Å². The van der Waals surface area contributed by atoms with Gasteiger partial charge in [-0.05, 0) is 13.8 Å². The summed E-state index contributed by atoms with van der Waals surface area (Å²) in [7, 11) is 0. The van der Waals surface area contributed by atoms with Gasteiger partial charge < -0.3 is 15.5 Å². The van der Waals surface area contributed by atoms with Crippen molar-refractivity contribution in [3.05, 3.63) is 0 Å². The van der Waals surface area contributed by atoms with Crippen molar-refractivity contribution in [3.63, 3.8) is 0 Å². The zero-order valence-electron chi connectivity index (χ0n) is 5.70. The minimum atomic E-state index is -0.597. The van der Waals surface area contributed by atoms with Gasteiger partial charge in [-0.2, -0.15) is 0 Å². The summed E-state index contributed by atoms with van der Waals surface area (Å²) in [6.45, 7) is 3.72. The summed E-state index contributed by atoms with van der Waals surface area (Å²) >= 11 is 0. The molecule has 3 nitrogen and oxygen atoms in total. The van der Waals surface area contributed by atoms with Crippen LogP contribution in [0.25, 0.3) is 0 Å². The second-order valence-electron chi connectivity index (χ2n) is 2.73. The minimum absolute atomic E-state index is 0.0231. The van der Waals surface area contributed by atoms with Gasteiger partial charge in [0.2, 0.25) is 0 Å². The van der Waals surface area contributed by atoms with E-state index in [4.69, 9.17) is 10.2 Å². The van der Waals surface area contributed by atoms with Crippen molar-refractivity contribution in [1.29, 1.82) is 0 Å². The number of aliphatic hydroxyl groups excluding tert-OH is 2. The first-order valence-corrected chi connectivity index (χ1v) is 3.25. The first-order chi connectivity index (χ1) is 4.13. The highest BCUT2D eigenvalue weighted by molar-refractivity contribution is 4.93. The summed E-state index contributed by atoms with van der Waals surface area (Å²) in [5.41, 5.74) is 0. The third-order valence-electron chi connectivity index (χ3n) is 1.90. The predicted octanol–water partition coefficient (Wildman–Crippen LogP) is -0.912. The first-order valence-electron chi connectivity index (χ1n) is 3.25. The average Bonchev–Trinajstić information content (AvgIpc) is 1.98. The van der Waals surface area contributed by atoms with Crippen molar-refractivity contribution in [2.75, 3.05) is 0 Å². The predicted molar refractivity (Wildman–Crippen MR) is 34.1 cm³/mol. The molecule has 0 aliphatic carbocycles. The van der Waals surface area contributed by atoms with Crippen LogP contribution in [0.2, 0.25) is 0 Å². The molecule has 0 bridgehead atoms. The Kier molecular flexibility index (Phi) is 1.75. The lowest BCUT2D eigenvalue weighted by atomic mass is 10.1. The van der Waals surface area contributed by atoms with Crippen molar-refractivity contribution in [2.45, 2.75) is 38.1 Å². The second-order valence-corrected chi connectivity index (χ2v) is 2.73. The first kappa shape index (κ1) is 6.99. The number of nitrogens with one attached hydrogen (secondary N) is 1. The maximum Gasteiger partial charge on any atom is 0.0964 e. The van der Waals surface area contributed by atoms with Crippen LogP contribution in [-0.2, 0) is 0 Å². The largest absolute Gasteiger partial charge is 0.389 e. The van der Waals surface area contributed by atoms with Gasteiger partial charge in [-0.25, -0.2) is 0 Å². The Morgan fingerprint density at radius 1 is 1.00 bits per heavy atom. The summed E-state index contributed by atoms with van der Waals surface area (Å²) in [5.74, 6) is 0. The quantitative estimate of drug-likeness (QED) is 0.399. The van der Waals surface area contributed by atoms with E-state index in [0.717, 1.165) is 0 Å². The molecule has 0 aromatic carbocycles. The molecule has 0 amide bonds. The Labute approximate surface area is 54.7 Å². The Bertz CT molecular complexity index is 95.2. The van der Waals surface area contributed by atoms with E-state index in [1.54, 1.807) is 0 Å². The molecule has 4 atom stereocenters. The Morgan fingerprint density at radius 2 is 1.33 bits per heavy atom. The van der Waals surface area contributed by atoms with Gasteiger partial charge in [0.1, 0.15) is 0 Å². The average molecular weight is 131 g/mol. The lowest BCUT2D eigenvalue weighted by molar-refractivity contribution is 0.0327. The Balaban J connectivity index is 2.54. The summed E-state index contributed by atoms with van der Waals surface area (Å²) < 4.78 is 0. The van der Waals surface area contributed by atoms with E-state index in [1.807, 2.05) is 13.8 Å². The molecular formula is C6H13NO2. The monoisotopic (exact) mass is 131 g/mol. The number of aliphatic hydroxyl groups is 2. The molecule has 1 fully saturated rings. The van der Waals surface area contributed by atoms with E-state index in [0.29, 0.717) is 0 Å². The molecule has 1 aliphatic rings. The second kappa shape index (κ2) is 2.25. The summed E-state index contributed by atoms with van der Waals surface area (Å²) in [6.07, 6.45) is -1.19. The SMILES string of the molecule is C[C@H]1N[C@H](C)[C@@H](O)[C@H]1O. The molecule has 0 unspecified atom stereocenters. The fraction of sp³-hybridized carbons (Fsp3) is 1.00. The number of hydrogen-bond acceptors (Lipinski definition) is 3. The van der Waals surface area contributed by atoms with E-state index in [9.17, 15) is 0 Å². The molecule has 0 spiro atoms. The molecule has 0 aromatic heterocycles. The summed E-state index contributed by atoms with van der Waals surface area (Å²) in [5, 5.41) is 21.3. The third-order valence-corrected chi connectivity index (χ3v) is 1.90. The van der Waals surface area contributed by atoms with E-state index in [-0.39, 0.29) is 12.1 Å². The molecule has 3 N–H and O–H groups in total. The zero-order valence-corrected chi connectivity index (χ0v) is 5.70. The van der Waals surface area contributed by atoms with Crippen LogP contribution in [0.1, 0.15) is 13.8 Å². The molecule has 1 heterocycles. The molecule has 0 radical (unpaired) electrons. The Hall–Kier alpha value is -0.120. The van der Waals surface area contributed by atoms with E-state index >= 15 is 0 Å². The number of hydrogen-bond donors (Lipinski definition) is 3. The van der Waals surface area contributed by atoms with Gasteiger partial charge in [-0.3, -0.25) is 0 Å². The van der Waals surface area contributed by atoms with Crippen LogP contribution in [-0.4, -0.2) is 34.5 Å². The highest BCUT2D eigenvalue weighted by Crippen LogP contribution is 2.12. The topological polar surface area (TPSA) is 52.5 Å². The van der Waals surface area contributed by atoms with E-state index in [2.05, 4.69) is 5.32 Å². The molecule has 0 aromatic rings. The van der Waals surface area contributed by atoms with Crippen molar-refractivity contribution in [1.82, 2.24) is 5.32 Å². The smallest absolute Gasteiger partial charge is 0.0964 e. The maximum absolute atomic E-state index is 9.12. The fourth-order valence-corrected chi connectivity index (χ4v) is 1.20. The lowest BCUT2D eigenvalue weighted by Crippen LogP contribution is -2.30. The van der Waals surface area contributed by atoms with E-state index < -0.39 is 12.2 Å². The van der Waals surface area contributed by atoms with Crippen molar-refractivity contribution in [2.24, 2.45) is 0 Å². The summed E-state index contributed by atoms with van der Waals surface area (Å²) in [4.78, 5) is 0. The molecule has 9 heavy (non-hydrogen) atoms. The fourth-order valence-electron chi connectivity index (χ4n) is 1.20. The molecule has 1 saturated heterocycles. The van der Waals surface area contributed by atoms with Crippen molar-refractivity contribution >= 4 is 0 Å². The third kappa shape index (κ3) is 1.08. The van der Waals surface area contributed by atoms with Crippen LogP contribution in [0.15, 0.2) is 0 Å². The van der Waals surface area contributed by atoms with Crippen LogP contribution in [0, 0.1) is 0 Å². The van der Waals surface area contributed by atoms with Gasteiger partial charge in [0.05, 0.1) is 12.2 Å². The van der Waals surface area contributed by atoms with Gasteiger partial charge >= 0.3 is 0 Å². The van der Waals surface area contributed by atoms with Crippen LogP contribution < -0.4 is 5.32 Å². The standard InChI is InChI=1S/C6H13NO2/c1-3-5(8)6(9)4(2)7-3/h3-9H,1-2H3/t3-,4-,5-,6+/m1/s1. The highest BCUT2D eigenvalue weighted by atomic mass is 16.3. The van der Waals surface area contributed by atoms with Crippen LogP contribution in [0.4, 0.5) is 0 Å². The molecular weight excluding hydrogens is 118 g/mol. The molecule has 54 valence electrons.